The fourth-order valence-electron chi connectivity index (χ4n) is 1.24. The molecule has 6 heteroatoms. The van der Waals surface area contributed by atoms with E-state index in [0.29, 0.717) is 0 Å². The molecular formula is C11H26Cl2N2O2. The molecule has 0 amide bonds. The van der Waals surface area contributed by atoms with Crippen LogP contribution in [-0.4, -0.2) is 24.9 Å². The Morgan fingerprint density at radius 3 is 1.29 bits per heavy atom. The van der Waals surface area contributed by atoms with E-state index < -0.39 is 11.8 Å². The van der Waals surface area contributed by atoms with Crippen molar-refractivity contribution in [3.63, 3.8) is 0 Å². The lowest BCUT2D eigenvalue weighted by molar-refractivity contribution is -0.368. The summed E-state index contributed by atoms with van der Waals surface area (Å²) in [6, 6.07) is 0. The molecule has 0 aromatic heterocycles. The van der Waals surface area contributed by atoms with Crippen molar-refractivity contribution >= 4 is 17.6 Å². The standard InChI is InChI=1S/C9H22N2.C2H3ClO2.ClH/c10-8-6-4-2-1-3-5-7-9-11;3-1-2(4)5;/h1-11H2;1H2,(H,4,5);1H. The highest BCUT2D eigenvalue weighted by Crippen LogP contribution is 2.05. The van der Waals surface area contributed by atoms with Crippen LogP contribution in [0.5, 0.6) is 0 Å². The van der Waals surface area contributed by atoms with Gasteiger partial charge in [-0.3, -0.25) is 0 Å². The minimum Gasteiger partial charge on any atom is -1.00 e. The van der Waals surface area contributed by atoms with Crippen molar-refractivity contribution in [1.82, 2.24) is 0 Å². The fraction of sp³-hybridized carbons (Fsp3) is 0.909. The summed E-state index contributed by atoms with van der Waals surface area (Å²) in [6.45, 7) is 2.22. The monoisotopic (exact) mass is 288 g/mol. The number of rotatable bonds is 9. The molecule has 0 aromatic carbocycles. The van der Waals surface area contributed by atoms with Crippen molar-refractivity contribution in [2.45, 2.75) is 44.9 Å². The first kappa shape index (κ1) is 22.2. The first-order valence-corrected chi connectivity index (χ1v) is 6.56. The summed E-state index contributed by atoms with van der Waals surface area (Å²) >= 11 is 4.67. The van der Waals surface area contributed by atoms with E-state index in [9.17, 15) is 0 Å². The van der Waals surface area contributed by atoms with Gasteiger partial charge in [-0.1, -0.05) is 19.3 Å². The normalized spacial score (nSPS) is 8.88. The molecule has 4 nitrogen and oxygen atoms in total. The van der Waals surface area contributed by atoms with E-state index in [4.69, 9.17) is 9.90 Å². The molecule has 0 atom stereocenters. The summed E-state index contributed by atoms with van der Waals surface area (Å²) in [4.78, 5) is 9.12. The molecule has 0 heterocycles. The highest BCUT2D eigenvalue weighted by atomic mass is 35.5. The summed E-state index contributed by atoms with van der Waals surface area (Å²) in [5, 5.41) is 9.12. The van der Waals surface area contributed by atoms with Gasteiger partial charge in [-0.15, -0.1) is 11.6 Å². The Hall–Kier alpha value is -0.0300. The predicted molar refractivity (Wildman–Crippen MR) is 63.6 cm³/mol. The molecular weight excluding hydrogens is 263 g/mol. The van der Waals surface area contributed by atoms with Gasteiger partial charge >= 0.3 is 0 Å². The molecule has 17 heavy (non-hydrogen) atoms. The van der Waals surface area contributed by atoms with Crippen LogP contribution in [0.3, 0.4) is 0 Å². The number of carboxylic acids is 1. The third-order valence-electron chi connectivity index (χ3n) is 2.11. The Morgan fingerprint density at radius 1 is 0.882 bits per heavy atom. The van der Waals surface area contributed by atoms with Gasteiger partial charge in [-0.05, 0) is 25.7 Å². The highest BCUT2D eigenvalue weighted by Gasteiger charge is 1.90. The summed E-state index contributed by atoms with van der Waals surface area (Å²) in [5.74, 6) is -1.65. The zero-order valence-corrected chi connectivity index (χ0v) is 12.1. The maximum atomic E-state index is 9.12. The molecule has 0 saturated carbocycles. The molecule has 0 aliphatic heterocycles. The summed E-state index contributed by atoms with van der Waals surface area (Å²) < 4.78 is 0. The van der Waals surface area contributed by atoms with Gasteiger partial charge in [-0.25, -0.2) is 0 Å². The minimum atomic E-state index is -1.23. The Kier molecular flexibility index (Phi) is 27.8. The van der Waals surface area contributed by atoms with Crippen molar-refractivity contribution in [2.24, 2.45) is 0 Å². The van der Waals surface area contributed by atoms with Gasteiger partial charge in [0.15, 0.2) is 0 Å². The average molecular weight is 289 g/mol. The number of hydrogen-bond acceptors (Lipinski definition) is 2. The number of carbonyl (C=O) groups is 1. The number of unbranched alkanes of at least 4 members (excludes halogenated alkanes) is 6. The van der Waals surface area contributed by atoms with E-state index in [2.05, 4.69) is 23.1 Å². The second-order valence-electron chi connectivity index (χ2n) is 3.69. The Labute approximate surface area is 115 Å². The van der Waals surface area contributed by atoms with Crippen LogP contribution in [0.2, 0.25) is 0 Å². The van der Waals surface area contributed by atoms with Crippen LogP contribution in [0.1, 0.15) is 44.9 Å². The largest absolute Gasteiger partial charge is 1.00 e. The van der Waals surface area contributed by atoms with E-state index in [1.807, 2.05) is 0 Å². The Bertz CT molecular complexity index is 141. The second kappa shape index (κ2) is 21.3. The van der Waals surface area contributed by atoms with Crippen LogP contribution < -0.4 is 29.0 Å². The molecule has 6 N–H and O–H groups in total. The molecule has 0 rings (SSSR count). The zero-order valence-electron chi connectivity index (χ0n) is 10.6. The summed E-state index contributed by atoms with van der Waals surface area (Å²) in [7, 11) is 0. The molecule has 0 aliphatic carbocycles. The first-order valence-electron chi connectivity index (χ1n) is 6.03. The Morgan fingerprint density at radius 2 is 1.12 bits per heavy atom. The van der Waals surface area contributed by atoms with Crippen LogP contribution in [0, 0.1) is 0 Å². The lowest BCUT2D eigenvalue weighted by Gasteiger charge is -1.97. The lowest BCUT2D eigenvalue weighted by Crippen LogP contribution is -3.00. The quantitative estimate of drug-likeness (QED) is 0.336. The van der Waals surface area contributed by atoms with Crippen molar-refractivity contribution in [3.8, 4) is 0 Å². The molecule has 0 unspecified atom stereocenters. The van der Waals surface area contributed by atoms with Crippen molar-refractivity contribution in [2.75, 3.05) is 19.0 Å². The first-order chi connectivity index (χ1) is 7.68. The smallest absolute Gasteiger partial charge is 0.0739 e. The van der Waals surface area contributed by atoms with E-state index >= 15 is 0 Å². The number of halogens is 2. The molecule has 0 spiro atoms. The zero-order chi connectivity index (χ0) is 12.6. The number of carbonyl (C=O) groups excluding carboxylic acids is 1. The number of quaternary nitrogens is 2. The molecule has 0 bridgehead atoms. The van der Waals surface area contributed by atoms with Gasteiger partial charge in [0.2, 0.25) is 0 Å². The molecule has 106 valence electrons. The SMILES string of the molecule is O=C([O-])CCl.[Cl-].[NH3+]CCCCCCCCC[NH3+]. The van der Waals surface area contributed by atoms with Gasteiger partial charge in [0.1, 0.15) is 0 Å². The van der Waals surface area contributed by atoms with E-state index in [-0.39, 0.29) is 12.4 Å². The molecule has 0 radical (unpaired) electrons. The molecule has 0 fully saturated rings. The van der Waals surface area contributed by atoms with E-state index in [0.717, 1.165) is 13.1 Å². The van der Waals surface area contributed by atoms with Crippen LogP contribution in [0.25, 0.3) is 0 Å². The fourth-order valence-corrected chi connectivity index (χ4v) is 1.24. The molecule has 0 aromatic rings. The third-order valence-corrected chi connectivity index (χ3v) is 2.33. The van der Waals surface area contributed by atoms with Crippen LogP contribution in [0.15, 0.2) is 0 Å². The Balaban J connectivity index is -0.000000280. The van der Waals surface area contributed by atoms with Gasteiger partial charge in [-0.2, -0.15) is 0 Å². The summed E-state index contributed by atoms with van der Waals surface area (Å²) in [5.41, 5.74) is 7.65. The maximum Gasteiger partial charge on any atom is 0.0739 e. The topological polar surface area (TPSA) is 95.4 Å². The van der Waals surface area contributed by atoms with E-state index in [1.54, 1.807) is 0 Å². The number of carboxylic acid groups (broad SMARTS) is 1. The molecule has 0 aliphatic rings. The van der Waals surface area contributed by atoms with Crippen LogP contribution in [0.4, 0.5) is 0 Å². The van der Waals surface area contributed by atoms with E-state index in [1.165, 1.54) is 44.9 Å². The lowest BCUT2D eigenvalue weighted by atomic mass is 10.1. The van der Waals surface area contributed by atoms with Gasteiger partial charge < -0.3 is 33.8 Å². The number of aliphatic carboxylic acids is 1. The minimum absolute atomic E-state index is 0. The van der Waals surface area contributed by atoms with Gasteiger partial charge in [0.05, 0.1) is 24.9 Å². The van der Waals surface area contributed by atoms with Gasteiger partial charge in [0.25, 0.3) is 0 Å². The number of alkyl halides is 1. The third kappa shape index (κ3) is 31.4. The van der Waals surface area contributed by atoms with Crippen LogP contribution >= 0.6 is 11.6 Å². The van der Waals surface area contributed by atoms with Crippen molar-refractivity contribution < 1.29 is 33.8 Å². The molecule has 0 saturated heterocycles. The highest BCUT2D eigenvalue weighted by molar-refractivity contribution is 6.25. The maximum absolute atomic E-state index is 9.12. The average Bonchev–Trinajstić information content (AvgIpc) is 2.29. The predicted octanol–water partition coefficient (Wildman–Crippen LogP) is -3.82. The van der Waals surface area contributed by atoms with Crippen molar-refractivity contribution in [3.05, 3.63) is 0 Å². The number of hydrogen-bond donors (Lipinski definition) is 2. The van der Waals surface area contributed by atoms with Crippen LogP contribution in [-0.2, 0) is 4.79 Å². The van der Waals surface area contributed by atoms with Gasteiger partial charge in [0, 0.05) is 0 Å². The summed E-state index contributed by atoms with van der Waals surface area (Å²) in [6.07, 6.45) is 9.63. The van der Waals surface area contributed by atoms with Crippen molar-refractivity contribution in [1.29, 1.82) is 0 Å². The second-order valence-corrected chi connectivity index (χ2v) is 3.95.